The van der Waals surface area contributed by atoms with Gasteiger partial charge in [-0.1, -0.05) is 35.3 Å². The van der Waals surface area contributed by atoms with Crippen LogP contribution in [-0.4, -0.2) is 0 Å². The molecule has 0 saturated carbocycles. The first kappa shape index (κ1) is 13.7. The van der Waals surface area contributed by atoms with E-state index < -0.39 is 0 Å². The molecule has 20 heavy (non-hydrogen) atoms. The molecule has 4 heteroatoms. The third-order valence-electron chi connectivity index (χ3n) is 3.68. The Bertz CT molecular complexity index is 622. The number of hydrogen-bond donors (Lipinski definition) is 1. The van der Waals surface area contributed by atoms with Crippen LogP contribution in [0.4, 0.5) is 0 Å². The van der Waals surface area contributed by atoms with E-state index in [2.05, 4.69) is 12.1 Å². The monoisotopic (exact) mass is 307 g/mol. The van der Waals surface area contributed by atoms with Crippen LogP contribution in [0.15, 0.2) is 36.4 Å². The first-order chi connectivity index (χ1) is 9.65. The molecule has 2 nitrogen and oxygen atoms in total. The summed E-state index contributed by atoms with van der Waals surface area (Å²) < 4.78 is 5.80. The number of rotatable bonds is 3. The third-order valence-corrected chi connectivity index (χ3v) is 4.39. The molecule has 0 aromatic heterocycles. The molecule has 104 valence electrons. The highest BCUT2D eigenvalue weighted by molar-refractivity contribution is 6.35. The van der Waals surface area contributed by atoms with Crippen molar-refractivity contribution in [3.05, 3.63) is 63.1 Å². The van der Waals surface area contributed by atoms with Gasteiger partial charge in [-0.25, -0.2) is 0 Å². The maximum absolute atomic E-state index is 6.13. The summed E-state index contributed by atoms with van der Waals surface area (Å²) in [5.41, 5.74) is 9.35. The van der Waals surface area contributed by atoms with Crippen LogP contribution in [0.1, 0.15) is 29.2 Å². The van der Waals surface area contributed by atoms with Gasteiger partial charge >= 0.3 is 0 Å². The van der Waals surface area contributed by atoms with Gasteiger partial charge in [-0.3, -0.25) is 0 Å². The molecular formula is C16H15Cl2NO. The Morgan fingerprint density at radius 2 is 1.90 bits per heavy atom. The van der Waals surface area contributed by atoms with Crippen LogP contribution in [0.25, 0.3) is 0 Å². The molecule has 1 aliphatic rings. The number of aryl methyl sites for hydroxylation is 1. The van der Waals surface area contributed by atoms with Crippen LogP contribution in [0, 0.1) is 0 Å². The molecule has 0 spiro atoms. The Kier molecular flexibility index (Phi) is 3.88. The molecule has 0 unspecified atom stereocenters. The van der Waals surface area contributed by atoms with Gasteiger partial charge < -0.3 is 10.5 Å². The van der Waals surface area contributed by atoms with Gasteiger partial charge in [0.25, 0.3) is 0 Å². The van der Waals surface area contributed by atoms with Crippen LogP contribution in [0.5, 0.6) is 5.75 Å². The molecular weight excluding hydrogens is 293 g/mol. The zero-order valence-corrected chi connectivity index (χ0v) is 12.4. The highest BCUT2D eigenvalue weighted by Gasteiger charge is 2.19. The zero-order chi connectivity index (χ0) is 14.1. The minimum atomic E-state index is 0.164. The molecule has 1 atom stereocenters. The Balaban J connectivity index is 1.76. The highest BCUT2D eigenvalue weighted by Crippen LogP contribution is 2.32. The number of nitrogens with two attached hydrogens (primary N) is 1. The van der Waals surface area contributed by atoms with Crippen molar-refractivity contribution in [1.29, 1.82) is 0 Å². The Hall–Kier alpha value is -1.22. The van der Waals surface area contributed by atoms with Gasteiger partial charge in [0, 0.05) is 21.7 Å². The van der Waals surface area contributed by atoms with Crippen molar-refractivity contribution in [1.82, 2.24) is 0 Å². The fourth-order valence-corrected chi connectivity index (χ4v) is 3.05. The number of ether oxygens (including phenoxy) is 1. The third kappa shape index (κ3) is 2.64. The van der Waals surface area contributed by atoms with E-state index >= 15 is 0 Å². The van der Waals surface area contributed by atoms with Crippen molar-refractivity contribution >= 4 is 23.2 Å². The lowest BCUT2D eigenvalue weighted by molar-refractivity contribution is 0.306. The fourth-order valence-electron chi connectivity index (χ4n) is 2.54. The zero-order valence-electron chi connectivity index (χ0n) is 10.9. The van der Waals surface area contributed by atoms with Crippen LogP contribution >= 0.6 is 23.2 Å². The minimum absolute atomic E-state index is 0.164. The van der Waals surface area contributed by atoms with Gasteiger partial charge in [-0.2, -0.15) is 0 Å². The molecule has 0 radical (unpaired) electrons. The van der Waals surface area contributed by atoms with Crippen LogP contribution in [0.3, 0.4) is 0 Å². The Labute approximate surface area is 128 Å². The number of hydrogen-bond acceptors (Lipinski definition) is 2. The maximum atomic E-state index is 6.13. The summed E-state index contributed by atoms with van der Waals surface area (Å²) in [6.07, 6.45) is 2.02. The van der Waals surface area contributed by atoms with Crippen molar-refractivity contribution in [2.75, 3.05) is 0 Å². The lowest BCUT2D eigenvalue weighted by Gasteiger charge is -2.11. The van der Waals surface area contributed by atoms with E-state index in [1.54, 1.807) is 0 Å². The van der Waals surface area contributed by atoms with E-state index in [4.69, 9.17) is 33.7 Å². The first-order valence-corrected chi connectivity index (χ1v) is 7.35. The summed E-state index contributed by atoms with van der Waals surface area (Å²) in [6, 6.07) is 11.7. The summed E-state index contributed by atoms with van der Waals surface area (Å²) in [5.74, 6) is 0.828. The van der Waals surface area contributed by atoms with Crippen molar-refractivity contribution in [3.63, 3.8) is 0 Å². The lowest BCUT2D eigenvalue weighted by Crippen LogP contribution is -2.05. The Morgan fingerprint density at radius 3 is 2.65 bits per heavy atom. The van der Waals surface area contributed by atoms with Gasteiger partial charge in [-0.05, 0) is 48.2 Å². The quantitative estimate of drug-likeness (QED) is 0.905. The second-order valence-electron chi connectivity index (χ2n) is 4.99. The predicted octanol–water partition coefficient (Wildman–Crippen LogP) is 4.52. The summed E-state index contributed by atoms with van der Waals surface area (Å²) in [5, 5.41) is 1.25. The normalized spacial score (nSPS) is 17.1. The van der Waals surface area contributed by atoms with E-state index in [1.165, 1.54) is 11.1 Å². The molecule has 2 aromatic rings. The second kappa shape index (κ2) is 5.65. The van der Waals surface area contributed by atoms with E-state index in [-0.39, 0.29) is 6.04 Å². The molecule has 0 amide bonds. The average molecular weight is 308 g/mol. The minimum Gasteiger partial charge on any atom is -0.489 e. The van der Waals surface area contributed by atoms with Gasteiger partial charge in [0.2, 0.25) is 0 Å². The largest absolute Gasteiger partial charge is 0.489 e. The predicted molar refractivity (Wildman–Crippen MR) is 82.5 cm³/mol. The van der Waals surface area contributed by atoms with E-state index in [9.17, 15) is 0 Å². The van der Waals surface area contributed by atoms with Crippen molar-refractivity contribution in [3.8, 4) is 5.75 Å². The molecule has 1 aliphatic carbocycles. The SMILES string of the molecule is N[C@H]1CCc2cc(OCc3c(Cl)cccc3Cl)ccc21. The molecule has 2 N–H and O–H groups in total. The van der Waals surface area contributed by atoms with Crippen LogP contribution in [0.2, 0.25) is 10.0 Å². The first-order valence-electron chi connectivity index (χ1n) is 6.59. The summed E-state index contributed by atoms with van der Waals surface area (Å²) in [4.78, 5) is 0. The maximum Gasteiger partial charge on any atom is 0.120 e. The van der Waals surface area contributed by atoms with Gasteiger partial charge in [-0.15, -0.1) is 0 Å². The lowest BCUT2D eigenvalue weighted by atomic mass is 10.1. The molecule has 0 heterocycles. The fraction of sp³-hybridized carbons (Fsp3) is 0.250. The van der Waals surface area contributed by atoms with Gasteiger partial charge in [0.15, 0.2) is 0 Å². The average Bonchev–Trinajstić information content (AvgIpc) is 2.79. The van der Waals surface area contributed by atoms with Crippen molar-refractivity contribution < 1.29 is 4.74 Å². The van der Waals surface area contributed by atoms with Crippen LogP contribution < -0.4 is 10.5 Å². The van der Waals surface area contributed by atoms with Gasteiger partial charge in [0.05, 0.1) is 0 Å². The van der Waals surface area contributed by atoms with Gasteiger partial charge in [0.1, 0.15) is 12.4 Å². The highest BCUT2D eigenvalue weighted by atomic mass is 35.5. The van der Waals surface area contributed by atoms with Crippen LogP contribution in [-0.2, 0) is 13.0 Å². The molecule has 2 aromatic carbocycles. The Morgan fingerprint density at radius 1 is 1.15 bits per heavy atom. The molecule has 0 saturated heterocycles. The van der Waals surface area contributed by atoms with Crippen molar-refractivity contribution in [2.24, 2.45) is 5.73 Å². The van der Waals surface area contributed by atoms with E-state index in [1.807, 2.05) is 24.3 Å². The topological polar surface area (TPSA) is 35.2 Å². The summed E-state index contributed by atoms with van der Waals surface area (Å²) in [6.45, 7) is 0.364. The number of halogens is 2. The van der Waals surface area contributed by atoms with Crippen molar-refractivity contribution in [2.45, 2.75) is 25.5 Å². The molecule has 3 rings (SSSR count). The van der Waals surface area contributed by atoms with E-state index in [0.29, 0.717) is 16.7 Å². The standard InChI is InChI=1S/C16H15Cl2NO/c17-14-2-1-3-15(18)13(14)9-20-11-5-6-12-10(8-11)4-7-16(12)19/h1-3,5-6,8,16H,4,7,9,19H2/t16-/m0/s1. The number of fused-ring (bicyclic) bond motifs is 1. The molecule has 0 fully saturated rings. The number of benzene rings is 2. The smallest absolute Gasteiger partial charge is 0.120 e. The summed E-state index contributed by atoms with van der Waals surface area (Å²) in [7, 11) is 0. The van der Waals surface area contributed by atoms with E-state index in [0.717, 1.165) is 24.2 Å². The molecule has 0 aliphatic heterocycles. The molecule has 0 bridgehead atoms. The summed E-state index contributed by atoms with van der Waals surface area (Å²) >= 11 is 12.3. The second-order valence-corrected chi connectivity index (χ2v) is 5.81.